The highest BCUT2D eigenvalue weighted by molar-refractivity contribution is 9.10. The largest absolute Gasteiger partial charge is 0.466 e. The van der Waals surface area contributed by atoms with E-state index >= 15 is 0 Å². The molecule has 1 fully saturated rings. The summed E-state index contributed by atoms with van der Waals surface area (Å²) in [5.74, 6) is 1.79. The molecule has 1 aliphatic rings. The van der Waals surface area contributed by atoms with Gasteiger partial charge in [-0.3, -0.25) is 4.90 Å². The maximum Gasteiger partial charge on any atom is 0.136 e. The monoisotopic (exact) mass is 286 g/mol. The highest BCUT2D eigenvalue weighted by Crippen LogP contribution is 2.32. The summed E-state index contributed by atoms with van der Waals surface area (Å²) < 4.78 is 6.56. The maximum atomic E-state index is 5.88. The van der Waals surface area contributed by atoms with Crippen LogP contribution in [0.15, 0.2) is 21.2 Å². The highest BCUT2D eigenvalue weighted by atomic mass is 79.9. The summed E-state index contributed by atoms with van der Waals surface area (Å²) in [6.07, 6.45) is 4.26. The number of furan rings is 1. The molecule has 3 nitrogen and oxygen atoms in total. The minimum Gasteiger partial charge on any atom is -0.466 e. The minimum absolute atomic E-state index is 0.223. The van der Waals surface area contributed by atoms with Crippen LogP contribution in [0.2, 0.25) is 0 Å². The first kappa shape index (κ1) is 12.1. The van der Waals surface area contributed by atoms with E-state index in [0.29, 0.717) is 6.54 Å². The van der Waals surface area contributed by atoms with Gasteiger partial charge in [0.05, 0.1) is 16.8 Å². The van der Waals surface area contributed by atoms with E-state index in [1.54, 1.807) is 6.26 Å². The third-order valence-corrected chi connectivity index (χ3v) is 4.16. The zero-order valence-electron chi connectivity index (χ0n) is 9.66. The summed E-state index contributed by atoms with van der Waals surface area (Å²) in [6, 6.07) is 2.16. The first-order chi connectivity index (χ1) is 7.76. The molecule has 1 aromatic heterocycles. The van der Waals surface area contributed by atoms with Crippen molar-refractivity contribution < 1.29 is 4.42 Å². The van der Waals surface area contributed by atoms with E-state index in [4.69, 9.17) is 10.2 Å². The van der Waals surface area contributed by atoms with Gasteiger partial charge in [-0.05, 0) is 40.9 Å². The highest BCUT2D eigenvalue weighted by Gasteiger charge is 2.30. The third-order valence-electron chi connectivity index (χ3n) is 3.51. The summed E-state index contributed by atoms with van der Waals surface area (Å²) in [5.41, 5.74) is 5.88. The van der Waals surface area contributed by atoms with Crippen molar-refractivity contribution >= 4 is 15.9 Å². The van der Waals surface area contributed by atoms with Gasteiger partial charge in [-0.2, -0.15) is 0 Å². The van der Waals surface area contributed by atoms with Crippen LogP contribution in [-0.2, 0) is 0 Å². The number of nitrogens with two attached hydrogens (primary N) is 1. The lowest BCUT2D eigenvalue weighted by Crippen LogP contribution is -2.32. The Morgan fingerprint density at radius 3 is 3.00 bits per heavy atom. The van der Waals surface area contributed by atoms with Crippen molar-refractivity contribution in [1.82, 2.24) is 4.90 Å². The normalized spacial score (nSPS) is 23.8. The average Bonchev–Trinajstić information content (AvgIpc) is 2.90. The molecule has 1 saturated heterocycles. The molecule has 2 N–H and O–H groups in total. The van der Waals surface area contributed by atoms with Gasteiger partial charge >= 0.3 is 0 Å². The van der Waals surface area contributed by atoms with Crippen molar-refractivity contribution in [1.29, 1.82) is 0 Å². The molecule has 2 rings (SSSR count). The van der Waals surface area contributed by atoms with Crippen molar-refractivity contribution in [3.8, 4) is 0 Å². The van der Waals surface area contributed by atoms with Gasteiger partial charge in [-0.1, -0.05) is 13.3 Å². The molecule has 0 aromatic carbocycles. The lowest BCUT2D eigenvalue weighted by atomic mass is 10.1. The van der Waals surface area contributed by atoms with E-state index in [9.17, 15) is 0 Å². The van der Waals surface area contributed by atoms with Gasteiger partial charge < -0.3 is 10.2 Å². The van der Waals surface area contributed by atoms with Crippen LogP contribution in [0.5, 0.6) is 0 Å². The fraction of sp³-hybridized carbons (Fsp3) is 0.667. The molecule has 4 heteroatoms. The van der Waals surface area contributed by atoms with Crippen molar-refractivity contribution in [2.75, 3.05) is 19.6 Å². The molecule has 1 aromatic rings. The lowest BCUT2D eigenvalue weighted by molar-refractivity contribution is 0.211. The van der Waals surface area contributed by atoms with Crippen LogP contribution in [0.1, 0.15) is 31.6 Å². The summed E-state index contributed by atoms with van der Waals surface area (Å²) in [6.45, 7) is 5.15. The molecule has 0 bridgehead atoms. The van der Waals surface area contributed by atoms with Gasteiger partial charge in [0.25, 0.3) is 0 Å². The molecule has 0 aliphatic carbocycles. The zero-order valence-corrected chi connectivity index (χ0v) is 11.2. The molecular weight excluding hydrogens is 268 g/mol. The molecule has 90 valence electrons. The maximum absolute atomic E-state index is 5.88. The average molecular weight is 287 g/mol. The molecular formula is C12H19BrN2O. The van der Waals surface area contributed by atoms with Gasteiger partial charge in [0.15, 0.2) is 0 Å². The molecule has 0 spiro atoms. The first-order valence-electron chi connectivity index (χ1n) is 5.93. The van der Waals surface area contributed by atoms with Gasteiger partial charge in [0.2, 0.25) is 0 Å². The summed E-state index contributed by atoms with van der Waals surface area (Å²) >= 11 is 3.51. The van der Waals surface area contributed by atoms with Gasteiger partial charge in [0, 0.05) is 13.1 Å². The van der Waals surface area contributed by atoms with Crippen molar-refractivity contribution in [2.24, 2.45) is 11.7 Å². The van der Waals surface area contributed by atoms with Crippen LogP contribution in [0, 0.1) is 5.92 Å². The Bertz CT molecular complexity index is 340. The number of hydrogen-bond donors (Lipinski definition) is 1. The molecule has 1 aliphatic heterocycles. The first-order valence-corrected chi connectivity index (χ1v) is 6.72. The van der Waals surface area contributed by atoms with Crippen LogP contribution < -0.4 is 5.73 Å². The Hall–Kier alpha value is -0.320. The molecule has 0 amide bonds. The number of hydrogen-bond acceptors (Lipinski definition) is 3. The Balaban J connectivity index is 2.09. The quantitative estimate of drug-likeness (QED) is 0.926. The van der Waals surface area contributed by atoms with E-state index in [2.05, 4.69) is 27.8 Å². The number of rotatable bonds is 4. The fourth-order valence-corrected chi connectivity index (χ4v) is 2.91. The predicted octanol–water partition coefficient (Wildman–Crippen LogP) is 2.77. The molecule has 0 radical (unpaired) electrons. The van der Waals surface area contributed by atoms with Crippen LogP contribution in [0.25, 0.3) is 0 Å². The van der Waals surface area contributed by atoms with Gasteiger partial charge in [-0.25, -0.2) is 0 Å². The summed E-state index contributed by atoms with van der Waals surface area (Å²) in [5, 5.41) is 0. The smallest absolute Gasteiger partial charge is 0.136 e. The van der Waals surface area contributed by atoms with Crippen molar-refractivity contribution in [2.45, 2.75) is 25.8 Å². The molecule has 0 saturated carbocycles. The Labute approximate surface area is 105 Å². The van der Waals surface area contributed by atoms with E-state index in [-0.39, 0.29) is 6.04 Å². The standard InChI is InChI=1S/C12H19BrN2O/c1-2-9-3-5-15(8-9)11(7-14)12-10(13)4-6-16-12/h4,6,9,11H,2-3,5,7-8,14H2,1H3. The summed E-state index contributed by atoms with van der Waals surface area (Å²) in [4.78, 5) is 2.44. The van der Waals surface area contributed by atoms with E-state index in [0.717, 1.165) is 29.2 Å². The van der Waals surface area contributed by atoms with Crippen LogP contribution in [0.4, 0.5) is 0 Å². The molecule has 2 atom stereocenters. The summed E-state index contributed by atoms with van der Waals surface area (Å²) in [7, 11) is 0. The number of halogens is 1. The molecule has 16 heavy (non-hydrogen) atoms. The second-order valence-electron chi connectivity index (χ2n) is 4.44. The van der Waals surface area contributed by atoms with Crippen LogP contribution in [0.3, 0.4) is 0 Å². The Morgan fingerprint density at radius 1 is 1.69 bits per heavy atom. The lowest BCUT2D eigenvalue weighted by Gasteiger charge is -2.25. The molecule has 2 heterocycles. The van der Waals surface area contributed by atoms with Crippen LogP contribution in [-0.4, -0.2) is 24.5 Å². The Kier molecular flexibility index (Phi) is 4.05. The van der Waals surface area contributed by atoms with E-state index in [1.807, 2.05) is 6.07 Å². The number of likely N-dealkylation sites (tertiary alicyclic amines) is 1. The molecule has 2 unspecified atom stereocenters. The van der Waals surface area contributed by atoms with Crippen LogP contribution >= 0.6 is 15.9 Å². The van der Waals surface area contributed by atoms with Gasteiger partial charge in [0.1, 0.15) is 5.76 Å². The fourth-order valence-electron chi connectivity index (χ4n) is 2.44. The second kappa shape index (κ2) is 5.34. The zero-order chi connectivity index (χ0) is 11.5. The topological polar surface area (TPSA) is 42.4 Å². The minimum atomic E-state index is 0.223. The number of nitrogens with zero attached hydrogens (tertiary/aromatic N) is 1. The van der Waals surface area contributed by atoms with Crippen molar-refractivity contribution in [3.05, 3.63) is 22.6 Å². The van der Waals surface area contributed by atoms with E-state index in [1.165, 1.54) is 12.8 Å². The van der Waals surface area contributed by atoms with Crippen molar-refractivity contribution in [3.63, 3.8) is 0 Å². The van der Waals surface area contributed by atoms with Gasteiger partial charge in [-0.15, -0.1) is 0 Å². The predicted molar refractivity (Wildman–Crippen MR) is 68.2 cm³/mol. The second-order valence-corrected chi connectivity index (χ2v) is 5.30. The Morgan fingerprint density at radius 2 is 2.50 bits per heavy atom. The SMILES string of the molecule is CCC1CCN(C(CN)c2occc2Br)C1. The van der Waals surface area contributed by atoms with E-state index < -0.39 is 0 Å². The third kappa shape index (κ3) is 2.34.